The summed E-state index contributed by atoms with van der Waals surface area (Å²) in [6, 6.07) is 3.38. The van der Waals surface area contributed by atoms with Gasteiger partial charge in [0.25, 0.3) is 0 Å². The third-order valence-electron chi connectivity index (χ3n) is 8.81. The number of carbonyl (C=O) groups is 1. The molecule has 1 saturated heterocycles. The maximum Gasteiger partial charge on any atom is 0.335 e. The highest BCUT2D eigenvalue weighted by Gasteiger charge is 2.54. The van der Waals surface area contributed by atoms with E-state index >= 15 is 0 Å². The predicted octanol–water partition coefficient (Wildman–Crippen LogP) is 0.880. The lowest BCUT2D eigenvalue weighted by Gasteiger charge is -2.50. The van der Waals surface area contributed by atoms with Crippen molar-refractivity contribution in [2.24, 2.45) is 17.3 Å². The number of carboxylic acid groups (broad SMARTS) is 1. The summed E-state index contributed by atoms with van der Waals surface area (Å²) in [7, 11) is 0. The molecule has 10 atom stereocenters. The largest absolute Gasteiger partial charge is 0.504 e. The highest BCUT2D eigenvalue weighted by atomic mass is 16.7. The zero-order valence-corrected chi connectivity index (χ0v) is 18.5. The second-order valence-corrected chi connectivity index (χ2v) is 10.4. The van der Waals surface area contributed by atoms with Crippen LogP contribution in [0.15, 0.2) is 12.1 Å². The number of rotatable bonds is 3. The van der Waals surface area contributed by atoms with Crippen LogP contribution in [-0.4, -0.2) is 73.4 Å². The number of aliphatic hydroxyl groups is 4. The molecule has 3 fully saturated rings. The van der Waals surface area contributed by atoms with E-state index in [1.54, 1.807) is 12.1 Å². The predicted molar refractivity (Wildman–Crippen MR) is 114 cm³/mol. The Kier molecular flexibility index (Phi) is 5.61. The second-order valence-electron chi connectivity index (χ2n) is 10.4. The normalized spacial score (nSPS) is 44.5. The van der Waals surface area contributed by atoms with Crippen LogP contribution in [0.3, 0.4) is 0 Å². The minimum atomic E-state index is -1.81. The molecule has 0 aromatic heterocycles. The van der Waals surface area contributed by atoms with E-state index in [0.29, 0.717) is 11.8 Å². The Hall–Kier alpha value is -1.91. The Balaban J connectivity index is 1.42. The maximum absolute atomic E-state index is 11.4. The summed E-state index contributed by atoms with van der Waals surface area (Å²) in [6.07, 6.45) is -3.42. The number of hydrogen-bond acceptors (Lipinski definition) is 8. The molecular weight excluding hydrogens is 432 g/mol. The van der Waals surface area contributed by atoms with Gasteiger partial charge in [-0.15, -0.1) is 0 Å². The number of phenols is 1. The Bertz CT molecular complexity index is 935. The van der Waals surface area contributed by atoms with Crippen LogP contribution in [0.4, 0.5) is 0 Å². The Labute approximate surface area is 191 Å². The van der Waals surface area contributed by atoms with Gasteiger partial charge in [0.15, 0.2) is 17.6 Å². The number of hydrogen-bond donors (Lipinski definition) is 6. The molecule has 2 saturated carbocycles. The van der Waals surface area contributed by atoms with E-state index in [2.05, 4.69) is 6.92 Å². The van der Waals surface area contributed by atoms with Gasteiger partial charge in [-0.2, -0.15) is 0 Å². The van der Waals surface area contributed by atoms with Crippen molar-refractivity contribution in [3.63, 3.8) is 0 Å². The topological polar surface area (TPSA) is 157 Å². The summed E-state index contributed by atoms with van der Waals surface area (Å²) < 4.78 is 10.9. The summed E-state index contributed by atoms with van der Waals surface area (Å²) in [5.41, 5.74) is 2.04. The minimum absolute atomic E-state index is 0.0333. The van der Waals surface area contributed by atoms with E-state index in [1.807, 2.05) is 0 Å². The molecule has 9 nitrogen and oxygen atoms in total. The number of ether oxygens (including phenoxy) is 2. The number of aryl methyl sites for hydroxylation is 1. The first kappa shape index (κ1) is 22.9. The van der Waals surface area contributed by atoms with Crippen molar-refractivity contribution in [2.75, 3.05) is 0 Å². The Morgan fingerprint density at radius 1 is 1.06 bits per heavy atom. The number of aliphatic carboxylic acids is 1. The molecule has 0 bridgehead atoms. The van der Waals surface area contributed by atoms with Crippen LogP contribution < -0.4 is 4.74 Å². The van der Waals surface area contributed by atoms with Crippen LogP contribution in [0, 0.1) is 17.3 Å². The first-order valence-corrected chi connectivity index (χ1v) is 11.7. The number of aliphatic hydroxyl groups excluding tert-OH is 4. The number of benzene rings is 1. The van der Waals surface area contributed by atoms with Crippen LogP contribution >= 0.6 is 0 Å². The fraction of sp³-hybridized carbons (Fsp3) is 0.708. The summed E-state index contributed by atoms with van der Waals surface area (Å²) >= 11 is 0. The first-order chi connectivity index (χ1) is 15.6. The van der Waals surface area contributed by atoms with Crippen molar-refractivity contribution in [3.05, 3.63) is 23.3 Å². The smallest absolute Gasteiger partial charge is 0.335 e. The average molecular weight is 465 g/mol. The van der Waals surface area contributed by atoms with Crippen LogP contribution in [0.5, 0.6) is 11.5 Å². The fourth-order valence-corrected chi connectivity index (χ4v) is 6.93. The van der Waals surface area contributed by atoms with E-state index in [0.717, 1.165) is 49.7 Å². The van der Waals surface area contributed by atoms with Crippen molar-refractivity contribution >= 4 is 5.97 Å². The van der Waals surface area contributed by atoms with Gasteiger partial charge in [0.05, 0.1) is 6.10 Å². The Morgan fingerprint density at radius 2 is 1.82 bits per heavy atom. The standard InChI is InChI=1S/C24H32O9/c1-24-7-6-11-12(14(24)4-5-17(24)26)3-2-10-8-15(25)16(9-13(10)11)32-23-20(29)18(27)19(28)21(33-23)22(30)31/h8-9,11-12,14,17-21,23,25-29H,2-7H2,1H3,(H,30,31)/t11-,12+,14-,17-,18-,19-,20+,21-,23?,24-/m0/s1. The average Bonchev–Trinajstić information content (AvgIpc) is 3.08. The van der Waals surface area contributed by atoms with Crippen LogP contribution in [0.1, 0.15) is 56.1 Å². The molecule has 6 N–H and O–H groups in total. The van der Waals surface area contributed by atoms with Gasteiger partial charge in [0.2, 0.25) is 6.29 Å². The Morgan fingerprint density at radius 3 is 2.55 bits per heavy atom. The van der Waals surface area contributed by atoms with Crippen molar-refractivity contribution in [3.8, 4) is 11.5 Å². The van der Waals surface area contributed by atoms with Gasteiger partial charge in [-0.25, -0.2) is 4.79 Å². The molecule has 0 amide bonds. The lowest BCUT2D eigenvalue weighted by molar-refractivity contribution is -0.271. The number of phenolic OH excluding ortho intramolecular Hbond substituents is 1. The molecule has 1 aromatic carbocycles. The molecule has 0 radical (unpaired) electrons. The van der Waals surface area contributed by atoms with Crippen molar-refractivity contribution in [1.29, 1.82) is 0 Å². The van der Waals surface area contributed by atoms with E-state index in [9.17, 15) is 35.4 Å². The van der Waals surface area contributed by atoms with Gasteiger partial charge in [-0.05, 0) is 85.0 Å². The van der Waals surface area contributed by atoms with Gasteiger partial charge in [0.1, 0.15) is 18.3 Å². The van der Waals surface area contributed by atoms with Crippen molar-refractivity contribution in [2.45, 2.75) is 88.2 Å². The lowest BCUT2D eigenvalue weighted by atomic mass is 9.55. The number of carboxylic acids is 1. The van der Waals surface area contributed by atoms with Crippen LogP contribution in [0.2, 0.25) is 0 Å². The van der Waals surface area contributed by atoms with Crippen LogP contribution in [0.25, 0.3) is 0 Å². The summed E-state index contributed by atoms with van der Waals surface area (Å²) in [5, 5.41) is 60.6. The van der Waals surface area contributed by atoms with E-state index in [1.165, 1.54) is 0 Å². The second kappa shape index (κ2) is 8.09. The summed E-state index contributed by atoms with van der Waals surface area (Å²) in [6.45, 7) is 2.20. The summed E-state index contributed by atoms with van der Waals surface area (Å²) in [4.78, 5) is 11.4. The van der Waals surface area contributed by atoms with Crippen molar-refractivity contribution in [1.82, 2.24) is 0 Å². The first-order valence-electron chi connectivity index (χ1n) is 11.7. The SMILES string of the molecule is C[C@]12CC[C@@H]3c4cc(OC5O[C@H](C(=O)O)[C@@H](O)[C@H](O)[C@H]5O)c(O)cc4CC[C@H]3[C@@H]1CC[C@@H]2O. The molecule has 1 aliphatic heterocycles. The molecule has 1 aromatic rings. The zero-order valence-electron chi connectivity index (χ0n) is 18.5. The molecule has 182 valence electrons. The number of aromatic hydroxyl groups is 1. The third-order valence-corrected chi connectivity index (χ3v) is 8.81. The van der Waals surface area contributed by atoms with Gasteiger partial charge in [-0.3, -0.25) is 0 Å². The molecule has 4 aliphatic rings. The lowest BCUT2D eigenvalue weighted by Crippen LogP contribution is -2.61. The summed E-state index contributed by atoms with van der Waals surface area (Å²) in [5.74, 6) is -0.497. The van der Waals surface area contributed by atoms with E-state index in [-0.39, 0.29) is 28.9 Å². The van der Waals surface area contributed by atoms with E-state index in [4.69, 9.17) is 9.47 Å². The molecule has 9 heteroatoms. The molecular formula is C24H32O9. The van der Waals surface area contributed by atoms with Gasteiger partial charge >= 0.3 is 5.97 Å². The fourth-order valence-electron chi connectivity index (χ4n) is 6.93. The molecule has 33 heavy (non-hydrogen) atoms. The highest BCUT2D eigenvalue weighted by Crippen LogP contribution is 2.61. The van der Waals surface area contributed by atoms with Crippen molar-refractivity contribution < 1.29 is 44.9 Å². The molecule has 0 spiro atoms. The molecule has 3 aliphatic carbocycles. The minimum Gasteiger partial charge on any atom is -0.504 e. The third kappa shape index (κ3) is 3.52. The van der Waals surface area contributed by atoms with Gasteiger partial charge < -0.3 is 40.1 Å². The van der Waals surface area contributed by atoms with Gasteiger partial charge in [0, 0.05) is 0 Å². The van der Waals surface area contributed by atoms with Crippen LogP contribution in [-0.2, 0) is 16.0 Å². The zero-order chi connectivity index (χ0) is 23.7. The van der Waals surface area contributed by atoms with Gasteiger partial charge in [-0.1, -0.05) is 6.92 Å². The quantitative estimate of drug-likeness (QED) is 0.382. The monoisotopic (exact) mass is 464 g/mol. The highest BCUT2D eigenvalue weighted by molar-refractivity contribution is 5.73. The molecule has 1 unspecified atom stereocenters. The molecule has 1 heterocycles. The van der Waals surface area contributed by atoms with E-state index < -0.39 is 36.7 Å². The molecule has 5 rings (SSSR count). The number of fused-ring (bicyclic) bond motifs is 5. The maximum atomic E-state index is 11.4.